The second-order valence-electron chi connectivity index (χ2n) is 9.66. The van der Waals surface area contributed by atoms with Gasteiger partial charge in [-0.2, -0.15) is 5.10 Å². The summed E-state index contributed by atoms with van der Waals surface area (Å²) in [5.74, 6) is 1.43. The number of anilines is 1. The van der Waals surface area contributed by atoms with Gasteiger partial charge in [0.1, 0.15) is 11.5 Å². The molecule has 5 aromatic carbocycles. The Morgan fingerprint density at radius 3 is 1.85 bits per heavy atom. The zero-order valence-corrected chi connectivity index (χ0v) is 21.9. The van der Waals surface area contributed by atoms with E-state index < -0.39 is 0 Å². The molecule has 6 aromatic rings. The van der Waals surface area contributed by atoms with Gasteiger partial charge in [-0.1, -0.05) is 48.5 Å². The molecule has 0 spiro atoms. The highest BCUT2D eigenvalue weighted by Gasteiger charge is 2.34. The molecule has 6 nitrogen and oxygen atoms in total. The van der Waals surface area contributed by atoms with E-state index in [1.807, 2.05) is 60.6 Å². The molecule has 0 radical (unpaired) electrons. The summed E-state index contributed by atoms with van der Waals surface area (Å²) in [5, 5.41) is 9.36. The lowest BCUT2D eigenvalue weighted by Gasteiger charge is -2.33. The number of ether oxygens (including phenoxy) is 2. The summed E-state index contributed by atoms with van der Waals surface area (Å²) in [6, 6.07) is 32.8. The van der Waals surface area contributed by atoms with Crippen molar-refractivity contribution in [3.8, 4) is 11.5 Å². The maximum absolute atomic E-state index is 5.48. The third-order valence-electron chi connectivity index (χ3n) is 7.50. The average Bonchev–Trinajstić information content (AvgIpc) is 3.00. The quantitative estimate of drug-likeness (QED) is 0.190. The van der Waals surface area contributed by atoms with Gasteiger partial charge in [-0.05, 0) is 59.7 Å². The summed E-state index contributed by atoms with van der Waals surface area (Å²) in [4.78, 5) is 10.4. The van der Waals surface area contributed by atoms with Crippen molar-refractivity contribution in [3.63, 3.8) is 0 Å². The second-order valence-corrected chi connectivity index (χ2v) is 9.66. The lowest BCUT2D eigenvalue weighted by molar-refractivity contribution is 0.414. The van der Waals surface area contributed by atoms with Crippen LogP contribution < -0.4 is 14.5 Å². The molecular formula is C33H26N4O2. The monoisotopic (exact) mass is 510 g/mol. The normalized spacial score (nSPS) is 14.9. The third kappa shape index (κ3) is 3.67. The van der Waals surface area contributed by atoms with Gasteiger partial charge in [-0.15, -0.1) is 0 Å². The highest BCUT2D eigenvalue weighted by molar-refractivity contribution is 6.19. The minimum Gasteiger partial charge on any atom is -0.497 e. The van der Waals surface area contributed by atoms with Crippen molar-refractivity contribution >= 4 is 44.2 Å². The number of aromatic nitrogens is 2. The van der Waals surface area contributed by atoms with Crippen molar-refractivity contribution in [3.05, 3.63) is 114 Å². The lowest BCUT2D eigenvalue weighted by atomic mass is 9.80. The summed E-state index contributed by atoms with van der Waals surface area (Å²) in [6.07, 6.45) is 0. The molecule has 1 unspecified atom stereocenters. The minimum absolute atomic E-state index is 0.182. The topological polar surface area (TPSA) is 59.8 Å². The van der Waals surface area contributed by atoms with Crippen LogP contribution in [0.4, 0.5) is 5.69 Å². The minimum atomic E-state index is -0.182. The van der Waals surface area contributed by atoms with E-state index in [0.29, 0.717) is 0 Å². The lowest BCUT2D eigenvalue weighted by Crippen LogP contribution is -2.28. The maximum atomic E-state index is 5.48. The number of fused-ring (bicyclic) bond motifs is 7. The second kappa shape index (κ2) is 9.10. The largest absolute Gasteiger partial charge is 0.497 e. The summed E-state index contributed by atoms with van der Waals surface area (Å²) in [6.45, 7) is 0. The van der Waals surface area contributed by atoms with E-state index in [0.717, 1.165) is 72.4 Å². The van der Waals surface area contributed by atoms with Gasteiger partial charge < -0.3 is 9.47 Å². The Labute approximate surface area is 226 Å². The number of hydrazone groups is 1. The molecule has 2 heterocycles. The number of benzene rings is 5. The smallest absolute Gasteiger partial charge is 0.118 e. The Kier molecular flexibility index (Phi) is 5.40. The zero-order valence-electron chi connectivity index (χ0n) is 21.9. The van der Waals surface area contributed by atoms with Crippen molar-refractivity contribution in [2.75, 3.05) is 26.3 Å². The molecule has 1 aliphatic heterocycles. The van der Waals surface area contributed by atoms with Crippen molar-refractivity contribution < 1.29 is 9.47 Å². The van der Waals surface area contributed by atoms with E-state index in [1.165, 1.54) is 0 Å². The van der Waals surface area contributed by atoms with Crippen molar-refractivity contribution in [2.24, 2.45) is 5.10 Å². The van der Waals surface area contributed by atoms with Gasteiger partial charge in [0.15, 0.2) is 0 Å². The Hall–Kier alpha value is -4.97. The molecule has 1 aliphatic rings. The van der Waals surface area contributed by atoms with Crippen LogP contribution in [0.3, 0.4) is 0 Å². The number of hydrogen-bond donors (Lipinski definition) is 0. The Bertz CT molecular complexity index is 1900. The van der Waals surface area contributed by atoms with Gasteiger partial charge in [-0.3, -0.25) is 5.01 Å². The number of rotatable bonds is 4. The fraction of sp³-hybridized carbons (Fsp3) is 0.121. The standard InChI is InChI=1S/C33H26N4O2/c1-37-33-25-9-5-4-8-24(25)31-32(35-27-11-7-6-10-26(27)34-31)29(33)28(20-12-16-22(38-2)17-13-20)30(36-37)21-14-18-23(39-3)19-15-21/h4-19,28H,1-3H3. The van der Waals surface area contributed by atoms with E-state index in [4.69, 9.17) is 24.5 Å². The van der Waals surface area contributed by atoms with Gasteiger partial charge in [-0.25, -0.2) is 9.97 Å². The van der Waals surface area contributed by atoms with Gasteiger partial charge in [0, 0.05) is 23.4 Å². The van der Waals surface area contributed by atoms with Gasteiger partial charge >= 0.3 is 0 Å². The Balaban J connectivity index is 1.61. The maximum Gasteiger partial charge on any atom is 0.118 e. The SMILES string of the molecule is COc1ccc(C2=NN(C)c3c(c4nc5ccccc5nc4c4ccccc34)C2c2ccc(OC)cc2)cc1. The zero-order chi connectivity index (χ0) is 26.5. The molecule has 0 N–H and O–H groups in total. The number of nitrogens with zero attached hydrogens (tertiary/aromatic N) is 4. The van der Waals surface area contributed by atoms with Crippen LogP contribution >= 0.6 is 0 Å². The molecule has 1 atom stereocenters. The highest BCUT2D eigenvalue weighted by Crippen LogP contribution is 2.47. The molecule has 0 amide bonds. The summed E-state index contributed by atoms with van der Waals surface area (Å²) in [7, 11) is 5.38. The molecule has 39 heavy (non-hydrogen) atoms. The van der Waals surface area contributed by atoms with Crippen LogP contribution in [-0.2, 0) is 0 Å². The van der Waals surface area contributed by atoms with E-state index in [2.05, 4.69) is 48.5 Å². The fourth-order valence-electron chi connectivity index (χ4n) is 5.66. The first kappa shape index (κ1) is 23.2. The molecule has 0 saturated carbocycles. The molecule has 0 aliphatic carbocycles. The first-order valence-corrected chi connectivity index (χ1v) is 12.9. The molecule has 1 aromatic heterocycles. The number of para-hydroxylation sites is 2. The van der Waals surface area contributed by atoms with Crippen molar-refractivity contribution in [1.82, 2.24) is 9.97 Å². The fourth-order valence-corrected chi connectivity index (χ4v) is 5.66. The summed E-state index contributed by atoms with van der Waals surface area (Å²) >= 11 is 0. The van der Waals surface area contributed by atoms with Crippen LogP contribution in [0.5, 0.6) is 11.5 Å². The van der Waals surface area contributed by atoms with E-state index in [-0.39, 0.29) is 5.92 Å². The molecule has 190 valence electrons. The van der Waals surface area contributed by atoms with Crippen molar-refractivity contribution in [2.45, 2.75) is 5.92 Å². The first-order chi connectivity index (χ1) is 19.2. The Morgan fingerprint density at radius 2 is 1.21 bits per heavy atom. The average molecular weight is 511 g/mol. The molecule has 0 saturated heterocycles. The Morgan fingerprint density at radius 1 is 0.641 bits per heavy atom. The molecule has 7 rings (SSSR count). The van der Waals surface area contributed by atoms with Crippen molar-refractivity contribution in [1.29, 1.82) is 0 Å². The predicted octanol–water partition coefficient (Wildman–Crippen LogP) is 6.94. The first-order valence-electron chi connectivity index (χ1n) is 12.9. The number of hydrogen-bond acceptors (Lipinski definition) is 6. The van der Waals surface area contributed by atoms with Crippen LogP contribution in [0, 0.1) is 0 Å². The summed E-state index contributed by atoms with van der Waals surface area (Å²) < 4.78 is 10.9. The van der Waals surface area contributed by atoms with Crippen LogP contribution in [0.25, 0.3) is 32.8 Å². The van der Waals surface area contributed by atoms with E-state index in [1.54, 1.807) is 14.2 Å². The molecule has 6 heteroatoms. The van der Waals surface area contributed by atoms with Crippen LogP contribution in [0.1, 0.15) is 22.6 Å². The van der Waals surface area contributed by atoms with E-state index in [9.17, 15) is 0 Å². The highest BCUT2D eigenvalue weighted by atomic mass is 16.5. The van der Waals surface area contributed by atoms with Crippen LogP contribution in [0.15, 0.2) is 102 Å². The summed E-state index contributed by atoms with van der Waals surface area (Å²) in [5.41, 5.74) is 8.72. The predicted molar refractivity (Wildman–Crippen MR) is 157 cm³/mol. The van der Waals surface area contributed by atoms with Crippen LogP contribution in [-0.4, -0.2) is 36.9 Å². The third-order valence-corrected chi connectivity index (χ3v) is 7.50. The van der Waals surface area contributed by atoms with Crippen LogP contribution in [0.2, 0.25) is 0 Å². The van der Waals surface area contributed by atoms with Gasteiger partial charge in [0.05, 0.1) is 53.6 Å². The van der Waals surface area contributed by atoms with E-state index >= 15 is 0 Å². The molecular weight excluding hydrogens is 484 g/mol. The van der Waals surface area contributed by atoms with Gasteiger partial charge in [0.25, 0.3) is 0 Å². The number of methoxy groups -OCH3 is 2. The molecule has 0 bridgehead atoms. The molecule has 0 fully saturated rings. The van der Waals surface area contributed by atoms with Gasteiger partial charge in [0.2, 0.25) is 0 Å².